The van der Waals surface area contributed by atoms with Gasteiger partial charge < -0.3 is 31.7 Å². The number of aliphatic hydroxyl groups is 2. The Morgan fingerprint density at radius 1 is 1.44 bits per heavy atom. The topological polar surface area (TPSA) is 198 Å². The maximum absolute atomic E-state index is 12.0. The fourth-order valence-corrected chi connectivity index (χ4v) is 2.46. The van der Waals surface area contributed by atoms with Gasteiger partial charge >= 0.3 is 5.69 Å². The van der Waals surface area contributed by atoms with Crippen molar-refractivity contribution in [3.63, 3.8) is 0 Å². The van der Waals surface area contributed by atoms with Crippen molar-refractivity contribution in [3.05, 3.63) is 33.1 Å². The first-order valence-corrected chi connectivity index (χ1v) is 7.44. The van der Waals surface area contributed by atoms with Crippen LogP contribution < -0.4 is 28.0 Å². The van der Waals surface area contributed by atoms with Gasteiger partial charge in [0.05, 0.1) is 13.2 Å². The van der Waals surface area contributed by atoms with Gasteiger partial charge in [-0.3, -0.25) is 24.1 Å². The van der Waals surface area contributed by atoms with Crippen molar-refractivity contribution < 1.29 is 19.7 Å². The van der Waals surface area contributed by atoms with Crippen molar-refractivity contribution >= 4 is 11.9 Å². The molecule has 8 N–H and O–H groups in total. The van der Waals surface area contributed by atoms with Gasteiger partial charge in [-0.1, -0.05) is 0 Å². The fraction of sp³-hybridized carbons (Fsp3) is 0.538. The molecular formula is C13H20N6O6. The van der Waals surface area contributed by atoms with Crippen LogP contribution in [0.15, 0.2) is 26.8 Å². The summed E-state index contributed by atoms with van der Waals surface area (Å²) in [7, 11) is 0. The number of guanidine groups is 1. The maximum Gasteiger partial charge on any atom is 0.330 e. The maximum atomic E-state index is 12.0. The number of nitrogens with one attached hydrogen (secondary N) is 2. The van der Waals surface area contributed by atoms with Crippen LogP contribution in [0.3, 0.4) is 0 Å². The minimum atomic E-state index is -1.26. The van der Waals surface area contributed by atoms with E-state index in [1.165, 1.54) is 6.20 Å². The molecule has 1 fully saturated rings. The molecule has 4 atom stereocenters. The molecule has 12 nitrogen and oxygen atoms in total. The summed E-state index contributed by atoms with van der Waals surface area (Å²) >= 11 is 0. The number of hydrogen-bond acceptors (Lipinski definition) is 7. The van der Waals surface area contributed by atoms with Crippen LogP contribution >= 0.6 is 0 Å². The molecule has 138 valence electrons. The Kier molecular flexibility index (Phi) is 5.90. The zero-order valence-corrected chi connectivity index (χ0v) is 13.2. The van der Waals surface area contributed by atoms with Crippen LogP contribution in [0.5, 0.6) is 0 Å². The summed E-state index contributed by atoms with van der Waals surface area (Å²) in [5.74, 6) is -0.645. The number of ether oxygens (including phenoxy) is 1. The molecule has 2 rings (SSSR count). The molecule has 1 saturated heterocycles. The van der Waals surface area contributed by atoms with E-state index in [2.05, 4.69) is 15.3 Å². The Balaban J connectivity index is 2.19. The lowest BCUT2D eigenvalue weighted by atomic mass is 10.1. The number of aliphatic hydroxyl groups excluding tert-OH is 2. The number of nitrogens with zero attached hydrogens (tertiary/aromatic N) is 2. The Morgan fingerprint density at radius 3 is 2.76 bits per heavy atom. The Labute approximate surface area is 141 Å². The molecule has 0 aromatic carbocycles. The van der Waals surface area contributed by atoms with Gasteiger partial charge in [0.15, 0.2) is 12.2 Å². The first-order valence-electron chi connectivity index (χ1n) is 7.44. The molecule has 2 heterocycles. The molecule has 0 aliphatic carbocycles. The number of aliphatic imine (C=N–C) groups is 1. The number of carbonyl (C=O) groups is 1. The van der Waals surface area contributed by atoms with Gasteiger partial charge in [0.1, 0.15) is 18.2 Å². The number of carbonyl (C=O) groups excluding carboxylic acids is 1. The summed E-state index contributed by atoms with van der Waals surface area (Å²) in [4.78, 5) is 40.8. The number of aromatic nitrogens is 2. The molecule has 1 aromatic rings. The van der Waals surface area contributed by atoms with Crippen molar-refractivity contribution in [3.8, 4) is 0 Å². The van der Waals surface area contributed by atoms with E-state index in [9.17, 15) is 24.6 Å². The van der Waals surface area contributed by atoms with Crippen LogP contribution in [0.2, 0.25) is 0 Å². The Hall–Kier alpha value is -2.70. The van der Waals surface area contributed by atoms with Crippen molar-refractivity contribution in [1.29, 1.82) is 0 Å². The van der Waals surface area contributed by atoms with Crippen molar-refractivity contribution in [2.45, 2.75) is 30.9 Å². The predicted octanol–water partition coefficient (Wildman–Crippen LogP) is -4.06. The van der Waals surface area contributed by atoms with Crippen LogP contribution in [0.25, 0.3) is 0 Å². The second-order valence-electron chi connectivity index (χ2n) is 5.41. The van der Waals surface area contributed by atoms with Crippen LogP contribution in [-0.2, 0) is 9.53 Å². The highest BCUT2D eigenvalue weighted by atomic mass is 16.5. The summed E-state index contributed by atoms with van der Waals surface area (Å²) in [5, 5.41) is 22.0. The van der Waals surface area contributed by atoms with E-state index in [4.69, 9.17) is 16.2 Å². The molecule has 1 aromatic heterocycles. The SMILES string of the molecule is NC(N)=NCCC(=O)NC1C(O)C(CO)OC1n1ccc(=O)[nH]c1=O. The second-order valence-corrected chi connectivity index (χ2v) is 5.41. The normalized spacial score (nSPS) is 25.5. The van der Waals surface area contributed by atoms with Crippen LogP contribution in [0.1, 0.15) is 12.6 Å². The first kappa shape index (κ1) is 18.6. The van der Waals surface area contributed by atoms with Gasteiger partial charge in [0.2, 0.25) is 5.91 Å². The fourth-order valence-electron chi connectivity index (χ4n) is 2.46. The van der Waals surface area contributed by atoms with Gasteiger partial charge in [-0.15, -0.1) is 0 Å². The van der Waals surface area contributed by atoms with Crippen molar-refractivity contribution in [2.75, 3.05) is 13.2 Å². The third kappa shape index (κ3) is 4.43. The van der Waals surface area contributed by atoms with E-state index in [0.717, 1.165) is 10.6 Å². The smallest absolute Gasteiger partial charge is 0.330 e. The lowest BCUT2D eigenvalue weighted by Crippen LogP contribution is -2.48. The zero-order valence-electron chi connectivity index (χ0n) is 13.2. The first-order chi connectivity index (χ1) is 11.8. The van der Waals surface area contributed by atoms with Crippen molar-refractivity contribution in [2.24, 2.45) is 16.5 Å². The summed E-state index contributed by atoms with van der Waals surface area (Å²) < 4.78 is 6.46. The Bertz CT molecular complexity index is 754. The van der Waals surface area contributed by atoms with Crippen LogP contribution in [-0.4, -0.2) is 63.0 Å². The van der Waals surface area contributed by atoms with E-state index in [1.807, 2.05) is 0 Å². The van der Waals surface area contributed by atoms with Gasteiger partial charge in [0, 0.05) is 18.7 Å². The molecule has 0 bridgehead atoms. The highest BCUT2D eigenvalue weighted by molar-refractivity contribution is 5.78. The summed E-state index contributed by atoms with van der Waals surface area (Å²) in [5.41, 5.74) is 8.96. The van der Waals surface area contributed by atoms with Gasteiger partial charge in [0.25, 0.3) is 5.56 Å². The summed E-state index contributed by atoms with van der Waals surface area (Å²) in [6.45, 7) is -0.472. The molecule has 12 heteroatoms. The van der Waals surface area contributed by atoms with Gasteiger partial charge in [-0.05, 0) is 0 Å². The molecule has 4 unspecified atom stereocenters. The zero-order chi connectivity index (χ0) is 18.6. The largest absolute Gasteiger partial charge is 0.394 e. The van der Waals surface area contributed by atoms with E-state index < -0.39 is 48.2 Å². The second kappa shape index (κ2) is 7.92. The monoisotopic (exact) mass is 356 g/mol. The van der Waals surface area contributed by atoms with Crippen LogP contribution in [0, 0.1) is 0 Å². The number of amides is 1. The molecule has 0 spiro atoms. The number of rotatable bonds is 6. The van der Waals surface area contributed by atoms with Gasteiger partial charge in [-0.25, -0.2) is 4.79 Å². The molecule has 1 amide bonds. The van der Waals surface area contributed by atoms with E-state index in [-0.39, 0.29) is 18.9 Å². The van der Waals surface area contributed by atoms with E-state index >= 15 is 0 Å². The minimum Gasteiger partial charge on any atom is -0.394 e. The molecule has 25 heavy (non-hydrogen) atoms. The number of aromatic amines is 1. The highest BCUT2D eigenvalue weighted by Crippen LogP contribution is 2.28. The number of H-pyrrole nitrogens is 1. The highest BCUT2D eigenvalue weighted by Gasteiger charge is 2.45. The van der Waals surface area contributed by atoms with Crippen LogP contribution in [0.4, 0.5) is 0 Å². The Morgan fingerprint density at radius 2 is 2.16 bits per heavy atom. The van der Waals surface area contributed by atoms with Crippen molar-refractivity contribution in [1.82, 2.24) is 14.9 Å². The minimum absolute atomic E-state index is 0.0462. The third-order valence-electron chi connectivity index (χ3n) is 3.64. The average Bonchev–Trinajstić information content (AvgIpc) is 2.83. The molecule has 0 radical (unpaired) electrons. The lowest BCUT2D eigenvalue weighted by molar-refractivity contribution is -0.123. The average molecular weight is 356 g/mol. The molecule has 1 aliphatic heterocycles. The van der Waals surface area contributed by atoms with Gasteiger partial charge in [-0.2, -0.15) is 0 Å². The third-order valence-corrected chi connectivity index (χ3v) is 3.64. The molecule has 1 aliphatic rings. The number of hydrogen-bond donors (Lipinski definition) is 6. The van der Waals surface area contributed by atoms with E-state index in [1.54, 1.807) is 0 Å². The molecule has 0 saturated carbocycles. The molecular weight excluding hydrogens is 336 g/mol. The lowest BCUT2D eigenvalue weighted by Gasteiger charge is -2.22. The summed E-state index contributed by atoms with van der Waals surface area (Å²) in [6.07, 6.45) is -2.26. The number of nitrogens with two attached hydrogens (primary N) is 2. The standard InChI is InChI=1S/C13H20N6O6/c14-12(15)16-3-1-7(21)17-9-10(23)6(5-20)25-11(9)19-4-2-8(22)18-13(19)24/h2,4,6,9-11,20,23H,1,3,5H2,(H,17,21)(H4,14,15,16)(H,18,22,24). The predicted molar refractivity (Wildman–Crippen MR) is 85.5 cm³/mol. The van der Waals surface area contributed by atoms with E-state index in [0.29, 0.717) is 0 Å². The summed E-state index contributed by atoms with van der Waals surface area (Å²) in [6, 6.07) is 0.0774. The quantitative estimate of drug-likeness (QED) is 0.218.